The Morgan fingerprint density at radius 1 is 1.31 bits per heavy atom. The van der Waals surface area contributed by atoms with E-state index in [1.165, 1.54) is 37.1 Å². The number of amides is 1. The van der Waals surface area contributed by atoms with Crippen LogP contribution in [0.3, 0.4) is 0 Å². The zero-order valence-electron chi connectivity index (χ0n) is 14.6. The summed E-state index contributed by atoms with van der Waals surface area (Å²) in [5.41, 5.74) is -2.01. The standard InChI is InChI=1S/C17H19F3N4O2/c1-11-10-14(25)15(16(26)23(3)9-8-21-2)22-24(11)13-7-5-4-6-12(13)17(18,19)20/h4-7,10,21H,8-9H2,1-3H3. The van der Waals surface area contributed by atoms with Gasteiger partial charge in [0.05, 0.1) is 11.3 Å². The number of nitrogens with one attached hydrogen (secondary N) is 1. The fraction of sp³-hybridized carbons (Fsp3) is 0.353. The quantitative estimate of drug-likeness (QED) is 0.875. The van der Waals surface area contributed by atoms with E-state index in [1.807, 2.05) is 0 Å². The molecule has 0 radical (unpaired) electrons. The highest BCUT2D eigenvalue weighted by Crippen LogP contribution is 2.33. The summed E-state index contributed by atoms with van der Waals surface area (Å²) >= 11 is 0. The summed E-state index contributed by atoms with van der Waals surface area (Å²) < 4.78 is 40.8. The second-order valence-electron chi connectivity index (χ2n) is 5.76. The van der Waals surface area contributed by atoms with Gasteiger partial charge in [0.2, 0.25) is 5.43 Å². The van der Waals surface area contributed by atoms with Crippen LogP contribution in [0.4, 0.5) is 13.2 Å². The van der Waals surface area contributed by atoms with Gasteiger partial charge in [-0.05, 0) is 26.1 Å². The minimum absolute atomic E-state index is 0.195. The number of hydrogen-bond acceptors (Lipinski definition) is 4. The Morgan fingerprint density at radius 2 is 1.96 bits per heavy atom. The molecule has 140 valence electrons. The van der Waals surface area contributed by atoms with E-state index in [0.717, 1.165) is 16.8 Å². The summed E-state index contributed by atoms with van der Waals surface area (Å²) in [6, 6.07) is 5.98. The Morgan fingerprint density at radius 3 is 2.58 bits per heavy atom. The van der Waals surface area contributed by atoms with Gasteiger partial charge in [0.15, 0.2) is 5.69 Å². The van der Waals surface area contributed by atoms with Crippen molar-refractivity contribution in [3.63, 3.8) is 0 Å². The van der Waals surface area contributed by atoms with E-state index < -0.39 is 28.8 Å². The highest BCUT2D eigenvalue weighted by molar-refractivity contribution is 5.91. The van der Waals surface area contributed by atoms with E-state index in [2.05, 4.69) is 10.4 Å². The van der Waals surface area contributed by atoms with Gasteiger partial charge in [0.1, 0.15) is 0 Å². The molecule has 1 N–H and O–H groups in total. The van der Waals surface area contributed by atoms with E-state index in [4.69, 9.17) is 0 Å². The number of hydrogen-bond donors (Lipinski definition) is 1. The van der Waals surface area contributed by atoms with Crippen molar-refractivity contribution in [3.8, 4) is 5.69 Å². The number of carbonyl (C=O) groups excluding carboxylic acids is 1. The fourth-order valence-electron chi connectivity index (χ4n) is 2.40. The lowest BCUT2D eigenvalue weighted by atomic mass is 10.1. The summed E-state index contributed by atoms with van der Waals surface area (Å²) in [6.45, 7) is 2.28. The Bertz CT molecular complexity index is 862. The molecule has 0 spiro atoms. The van der Waals surface area contributed by atoms with Crippen LogP contribution in [-0.4, -0.2) is 47.8 Å². The summed E-state index contributed by atoms with van der Waals surface area (Å²) in [5, 5.41) is 6.81. The number of aryl methyl sites for hydroxylation is 1. The molecule has 0 aliphatic carbocycles. The predicted molar refractivity (Wildman–Crippen MR) is 90.5 cm³/mol. The average molecular weight is 368 g/mol. The normalized spacial score (nSPS) is 11.5. The van der Waals surface area contributed by atoms with Crippen LogP contribution in [-0.2, 0) is 6.18 Å². The van der Waals surface area contributed by atoms with Gasteiger partial charge < -0.3 is 10.2 Å². The van der Waals surface area contributed by atoms with Crippen molar-refractivity contribution in [3.05, 3.63) is 57.5 Å². The van der Waals surface area contributed by atoms with Crippen molar-refractivity contribution in [2.75, 3.05) is 27.2 Å². The van der Waals surface area contributed by atoms with Crippen LogP contribution in [0.2, 0.25) is 0 Å². The highest BCUT2D eigenvalue weighted by Gasteiger charge is 2.34. The topological polar surface area (TPSA) is 67.2 Å². The predicted octanol–water partition coefficient (Wildman–Crippen LogP) is 1.85. The van der Waals surface area contributed by atoms with Gasteiger partial charge in [0, 0.05) is 31.9 Å². The Kier molecular flexibility index (Phi) is 5.81. The largest absolute Gasteiger partial charge is 0.418 e. The number of halogens is 3. The molecule has 0 aliphatic heterocycles. The molecule has 1 heterocycles. The molecule has 6 nitrogen and oxygen atoms in total. The molecule has 1 aromatic heterocycles. The maximum atomic E-state index is 13.3. The summed E-state index contributed by atoms with van der Waals surface area (Å²) in [6.07, 6.45) is -4.60. The second kappa shape index (κ2) is 7.69. The van der Waals surface area contributed by atoms with Crippen LogP contribution in [0.5, 0.6) is 0 Å². The van der Waals surface area contributed by atoms with Crippen LogP contribution in [0.25, 0.3) is 5.69 Å². The van der Waals surface area contributed by atoms with E-state index >= 15 is 0 Å². The van der Waals surface area contributed by atoms with Crippen molar-refractivity contribution in [1.29, 1.82) is 0 Å². The van der Waals surface area contributed by atoms with Crippen LogP contribution in [0, 0.1) is 6.92 Å². The van der Waals surface area contributed by atoms with Crippen molar-refractivity contribution in [2.45, 2.75) is 13.1 Å². The highest BCUT2D eigenvalue weighted by atomic mass is 19.4. The number of nitrogens with zero attached hydrogens (tertiary/aromatic N) is 3. The average Bonchev–Trinajstić information content (AvgIpc) is 2.58. The summed E-state index contributed by atoms with van der Waals surface area (Å²) in [5.74, 6) is -0.650. The zero-order valence-corrected chi connectivity index (χ0v) is 14.6. The second-order valence-corrected chi connectivity index (χ2v) is 5.76. The van der Waals surface area contributed by atoms with Gasteiger partial charge in [-0.2, -0.15) is 18.3 Å². The van der Waals surface area contributed by atoms with E-state index in [-0.39, 0.29) is 11.4 Å². The third-order valence-electron chi connectivity index (χ3n) is 3.79. The third kappa shape index (κ3) is 4.10. The van der Waals surface area contributed by atoms with Crippen LogP contribution < -0.4 is 10.7 Å². The van der Waals surface area contributed by atoms with E-state index in [1.54, 1.807) is 7.05 Å². The van der Waals surface area contributed by atoms with Gasteiger partial charge in [0.25, 0.3) is 5.91 Å². The molecule has 2 aromatic rings. The lowest BCUT2D eigenvalue weighted by Gasteiger charge is -2.19. The number of aromatic nitrogens is 2. The van der Waals surface area contributed by atoms with Gasteiger partial charge in [-0.15, -0.1) is 0 Å². The zero-order chi connectivity index (χ0) is 19.5. The van der Waals surface area contributed by atoms with Crippen molar-refractivity contribution in [2.24, 2.45) is 0 Å². The number of carbonyl (C=O) groups is 1. The van der Waals surface area contributed by atoms with E-state index in [0.29, 0.717) is 13.1 Å². The van der Waals surface area contributed by atoms with Crippen LogP contribution in [0.15, 0.2) is 35.1 Å². The maximum Gasteiger partial charge on any atom is 0.418 e. The SMILES string of the molecule is CNCCN(C)C(=O)c1nn(-c2ccccc2C(F)(F)F)c(C)cc1=O. The molecule has 0 atom stereocenters. The lowest BCUT2D eigenvalue weighted by molar-refractivity contribution is -0.137. The van der Waals surface area contributed by atoms with Crippen LogP contribution in [0.1, 0.15) is 21.7 Å². The molecule has 0 saturated carbocycles. The molecule has 0 saturated heterocycles. The number of para-hydroxylation sites is 1. The lowest BCUT2D eigenvalue weighted by Crippen LogP contribution is -2.37. The van der Waals surface area contributed by atoms with Gasteiger partial charge in [-0.25, -0.2) is 4.68 Å². The summed E-state index contributed by atoms with van der Waals surface area (Å²) in [7, 11) is 3.21. The molecule has 26 heavy (non-hydrogen) atoms. The summed E-state index contributed by atoms with van der Waals surface area (Å²) in [4.78, 5) is 25.9. The number of rotatable bonds is 5. The molecule has 0 fully saturated rings. The minimum atomic E-state index is -4.60. The molecule has 2 rings (SSSR count). The molecular formula is C17H19F3N4O2. The van der Waals surface area contributed by atoms with Crippen molar-refractivity contribution < 1.29 is 18.0 Å². The molecular weight excluding hydrogens is 349 g/mol. The number of likely N-dealkylation sites (N-methyl/N-ethyl adjacent to an activating group) is 2. The van der Waals surface area contributed by atoms with Crippen molar-refractivity contribution >= 4 is 5.91 Å². The molecule has 0 bridgehead atoms. The fourth-order valence-corrected chi connectivity index (χ4v) is 2.40. The molecule has 1 aromatic carbocycles. The molecule has 1 amide bonds. The Labute approximate surface area is 148 Å². The van der Waals surface area contributed by atoms with Gasteiger partial charge in [-0.3, -0.25) is 9.59 Å². The van der Waals surface area contributed by atoms with E-state index in [9.17, 15) is 22.8 Å². The Balaban J connectivity index is 2.57. The Hall–Kier alpha value is -2.68. The smallest absolute Gasteiger partial charge is 0.339 e. The third-order valence-corrected chi connectivity index (χ3v) is 3.79. The maximum absolute atomic E-state index is 13.3. The number of benzene rings is 1. The van der Waals surface area contributed by atoms with Crippen LogP contribution >= 0.6 is 0 Å². The molecule has 0 unspecified atom stereocenters. The van der Waals surface area contributed by atoms with Crippen molar-refractivity contribution in [1.82, 2.24) is 20.0 Å². The molecule has 9 heteroatoms. The monoisotopic (exact) mass is 368 g/mol. The molecule has 0 aliphatic rings. The van der Waals surface area contributed by atoms with Gasteiger partial charge >= 0.3 is 6.18 Å². The van der Waals surface area contributed by atoms with Gasteiger partial charge in [-0.1, -0.05) is 12.1 Å². The first-order chi connectivity index (χ1) is 12.2. The first-order valence-corrected chi connectivity index (χ1v) is 7.84. The minimum Gasteiger partial charge on any atom is -0.339 e. The first kappa shape index (κ1) is 19.6. The first-order valence-electron chi connectivity index (χ1n) is 7.84. The number of alkyl halides is 3.